The summed E-state index contributed by atoms with van der Waals surface area (Å²) in [5, 5.41) is -1.28. The SMILES string of the molecule is C=C(Br)C[C@H](CC[C@@]12C[C@H]3O[C@H]4[C@@H](O1)[C@H]1O[C@@H](CC(=O)C(C5[C@H](CC6O[C@@H](CCCC)C[C@@H](C)C6=C)O[C@H](C[C@H](C)CO[Si](C)(C)C(C)(C)C)[C@@H]5C)S(=O)(=O)P)CC[C@@H]1O[C@H]4[C@H]3O2)OC(=O)c1ccccc1. The van der Waals surface area contributed by atoms with Gasteiger partial charge in [-0.2, -0.15) is 0 Å². The largest absolute Gasteiger partial charge is 0.458 e. The van der Waals surface area contributed by atoms with Crippen molar-refractivity contribution in [2.45, 2.75) is 240 Å². The first-order valence-corrected chi connectivity index (χ1v) is 33.7. The lowest BCUT2D eigenvalue weighted by Gasteiger charge is -2.47. The van der Waals surface area contributed by atoms with Crippen LogP contribution in [0.15, 0.2) is 53.5 Å². The van der Waals surface area contributed by atoms with Crippen LogP contribution < -0.4 is 0 Å². The number of halogens is 1. The van der Waals surface area contributed by atoms with E-state index in [-0.39, 0.29) is 77.7 Å². The van der Waals surface area contributed by atoms with E-state index >= 15 is 4.79 Å². The van der Waals surface area contributed by atoms with E-state index in [2.05, 4.69) is 90.6 Å². The summed E-state index contributed by atoms with van der Waals surface area (Å²) in [7, 11) is -4.01. The van der Waals surface area contributed by atoms with Crippen molar-refractivity contribution in [1.29, 1.82) is 0 Å². The van der Waals surface area contributed by atoms with E-state index in [0.717, 1.165) is 31.3 Å². The van der Waals surface area contributed by atoms with Crippen molar-refractivity contribution in [2.24, 2.45) is 23.7 Å². The first kappa shape index (κ1) is 56.8. The molecule has 0 N–H and O–H groups in total. The first-order valence-electron chi connectivity index (χ1n) is 27.0. The molecule has 404 valence electrons. The molecule has 20 atom stereocenters. The summed E-state index contributed by atoms with van der Waals surface area (Å²) in [6.45, 7) is 28.9. The lowest BCUT2D eigenvalue weighted by atomic mass is 9.78. The quantitative estimate of drug-likeness (QED) is 0.0469. The standard InChI is InChI=1S/C55H84BrO13PSSi/c1-12-13-19-37-25-32(3)34(5)43(62-37)28-44-46(35(6)42(65-44)24-31(2)30-61-72(10,11)54(7,8)9)52(71(59,60)70)40(57)27-38-20-21-41-47(63-38)51-50-49(66-41)48-45(67-50)29-55(68-48,69-51)23-22-39(26-33(4)56)64-53(58)36-17-15-14-16-18-36/h14-18,31-32,35,37-39,41-52H,4-5,12-13,19-30,70H2,1-3,6-11H3/t31-,32+,35-,37-,38+,39-,41-,42+,43?,44-,45+,46?,47-,48-,49-,50+,51-,52?,55-/m0/s1. The highest BCUT2D eigenvalue weighted by Gasteiger charge is 2.69. The predicted molar refractivity (Wildman–Crippen MR) is 286 cm³/mol. The molecule has 0 saturated carbocycles. The van der Waals surface area contributed by atoms with Gasteiger partial charge in [0.1, 0.15) is 41.9 Å². The highest BCUT2D eigenvalue weighted by atomic mass is 79.9. The predicted octanol–water partition coefficient (Wildman–Crippen LogP) is 10.8. The fourth-order valence-corrected chi connectivity index (χ4v) is 16.3. The monoisotopic (exact) mass is 1120 g/mol. The number of benzene rings is 1. The molecule has 8 saturated heterocycles. The van der Waals surface area contributed by atoms with Crippen molar-refractivity contribution in [3.8, 4) is 0 Å². The van der Waals surface area contributed by atoms with Crippen molar-refractivity contribution in [3.05, 3.63) is 59.1 Å². The second-order valence-corrected chi connectivity index (χ2v) is 33.7. The van der Waals surface area contributed by atoms with Crippen LogP contribution in [0.2, 0.25) is 18.1 Å². The van der Waals surface area contributed by atoms with E-state index in [0.29, 0.717) is 68.0 Å². The third-order valence-corrected chi connectivity index (χ3v) is 24.5. The van der Waals surface area contributed by atoms with Crippen LogP contribution in [0.1, 0.15) is 142 Å². The maximum Gasteiger partial charge on any atom is 0.338 e. The van der Waals surface area contributed by atoms with Crippen LogP contribution >= 0.6 is 24.4 Å². The Bertz CT molecular complexity index is 2210. The summed E-state index contributed by atoms with van der Waals surface area (Å²) < 4.78 is 89.8. The molecule has 1 aromatic carbocycles. The molecule has 0 spiro atoms. The molecule has 8 heterocycles. The topological polar surface area (TPSA) is 151 Å². The fourth-order valence-electron chi connectivity index (χ4n) is 12.5. The molecule has 9 rings (SSSR count). The molecule has 0 aromatic heterocycles. The maximum absolute atomic E-state index is 15.1. The van der Waals surface area contributed by atoms with Gasteiger partial charge in [0.25, 0.3) is 0 Å². The van der Waals surface area contributed by atoms with Gasteiger partial charge in [-0.3, -0.25) is 4.79 Å². The molecular formula is C55H84BrO13PSSi. The lowest BCUT2D eigenvalue weighted by molar-refractivity contribution is -0.292. The van der Waals surface area contributed by atoms with Gasteiger partial charge in [0.05, 0.1) is 48.3 Å². The highest BCUT2D eigenvalue weighted by Crippen LogP contribution is 2.54. The number of carbonyl (C=O) groups is 2. The van der Waals surface area contributed by atoms with E-state index in [1.54, 1.807) is 24.3 Å². The average molecular weight is 1120 g/mol. The van der Waals surface area contributed by atoms with Gasteiger partial charge in [-0.1, -0.05) is 109 Å². The summed E-state index contributed by atoms with van der Waals surface area (Å²) >= 11 is 3.48. The first-order chi connectivity index (χ1) is 33.9. The minimum absolute atomic E-state index is 0.0628. The Kier molecular flexibility index (Phi) is 18.1. The van der Waals surface area contributed by atoms with Crippen LogP contribution in [0.4, 0.5) is 0 Å². The van der Waals surface area contributed by atoms with E-state index < -0.39 is 77.3 Å². The number of esters is 1. The van der Waals surface area contributed by atoms with Gasteiger partial charge in [0.15, 0.2) is 29.3 Å². The van der Waals surface area contributed by atoms with Gasteiger partial charge in [-0.25, -0.2) is 13.2 Å². The third-order valence-electron chi connectivity index (χ3n) is 17.5. The van der Waals surface area contributed by atoms with Crippen LogP contribution in [0.5, 0.6) is 0 Å². The van der Waals surface area contributed by atoms with Crippen LogP contribution in [0.3, 0.4) is 0 Å². The molecular weight excluding hydrogens is 1040 g/mol. The highest BCUT2D eigenvalue weighted by molar-refractivity contribution is 9.11. The van der Waals surface area contributed by atoms with E-state index in [1.807, 2.05) is 14.5 Å². The number of unbranched alkanes of at least 4 members (excludes halogenated alkanes) is 1. The zero-order chi connectivity index (χ0) is 52.1. The summed E-state index contributed by atoms with van der Waals surface area (Å²) in [6, 6.07) is 8.91. The molecule has 0 amide bonds. The smallest absolute Gasteiger partial charge is 0.338 e. The van der Waals surface area contributed by atoms with Crippen LogP contribution in [-0.2, 0) is 56.6 Å². The average Bonchev–Trinajstić information content (AvgIpc) is 3.85. The minimum Gasteiger partial charge on any atom is -0.458 e. The second kappa shape index (κ2) is 22.9. The minimum atomic E-state index is -4.03. The van der Waals surface area contributed by atoms with Crippen molar-refractivity contribution < 1.29 is 60.3 Å². The lowest BCUT2D eigenvalue weighted by Crippen LogP contribution is -2.62. The number of ketones is 1. The molecule has 8 fully saturated rings. The molecule has 72 heavy (non-hydrogen) atoms. The van der Waals surface area contributed by atoms with Crippen LogP contribution in [-0.4, -0.2) is 125 Å². The fraction of sp³-hybridized carbons (Fsp3) is 0.782. The zero-order valence-corrected chi connectivity index (χ0v) is 48.8. The number of carbonyl (C=O) groups excluding carboxylic acids is 2. The number of Topliss-reactive ketones (excluding diaryl/α,β-unsaturated/α-hetero) is 1. The van der Waals surface area contributed by atoms with Crippen molar-refractivity contribution in [1.82, 2.24) is 0 Å². The Hall–Kier alpha value is -1.40. The van der Waals surface area contributed by atoms with Gasteiger partial charge >= 0.3 is 5.97 Å². The summed E-state index contributed by atoms with van der Waals surface area (Å²) in [5.41, 5.74) is 1.46. The maximum atomic E-state index is 15.1. The van der Waals surface area contributed by atoms with Gasteiger partial charge in [-0.15, -0.1) is 0 Å². The molecule has 4 unspecified atom stereocenters. The third kappa shape index (κ3) is 12.6. The number of ether oxygens (including phenoxy) is 8. The number of hydrogen-bond acceptors (Lipinski definition) is 13. The van der Waals surface area contributed by atoms with Gasteiger partial charge in [0.2, 0.25) is 0 Å². The molecule has 0 radical (unpaired) electrons. The van der Waals surface area contributed by atoms with E-state index in [9.17, 15) is 13.2 Å². The number of fused-ring (bicyclic) bond motifs is 1. The summed E-state index contributed by atoms with van der Waals surface area (Å²) in [5.74, 6) is -2.35. The Labute approximate surface area is 441 Å². The number of hydrogen-bond donors (Lipinski definition) is 0. The van der Waals surface area contributed by atoms with Crippen LogP contribution in [0, 0.1) is 23.7 Å². The Morgan fingerprint density at radius 1 is 0.944 bits per heavy atom. The summed E-state index contributed by atoms with van der Waals surface area (Å²) in [6.07, 6.45) is 2.81. The molecule has 8 aliphatic heterocycles. The van der Waals surface area contributed by atoms with Crippen molar-refractivity contribution >= 4 is 53.9 Å². The molecule has 8 aliphatic rings. The van der Waals surface area contributed by atoms with Crippen LogP contribution in [0.25, 0.3) is 0 Å². The van der Waals surface area contributed by atoms with Gasteiger partial charge in [-0.05, 0) is 105 Å². The summed E-state index contributed by atoms with van der Waals surface area (Å²) in [4.78, 5) is 28.3. The Balaban J connectivity index is 0.988. The second-order valence-electron chi connectivity index (χ2n) is 24.1. The molecule has 0 aliphatic carbocycles. The van der Waals surface area contributed by atoms with Crippen molar-refractivity contribution in [3.63, 3.8) is 0 Å². The van der Waals surface area contributed by atoms with Crippen molar-refractivity contribution in [2.75, 3.05) is 6.61 Å². The van der Waals surface area contributed by atoms with E-state index in [4.69, 9.17) is 42.3 Å². The van der Waals surface area contributed by atoms with Gasteiger partial charge < -0.3 is 42.3 Å². The number of rotatable bonds is 22. The Morgan fingerprint density at radius 3 is 2.32 bits per heavy atom. The van der Waals surface area contributed by atoms with Gasteiger partial charge in [0, 0.05) is 44.6 Å². The molecule has 1 aromatic rings. The normalized spacial score (nSPS) is 37.7. The molecule has 6 bridgehead atoms. The zero-order valence-electron chi connectivity index (χ0n) is 44.3. The molecule has 17 heteroatoms. The Morgan fingerprint density at radius 2 is 1.64 bits per heavy atom. The van der Waals surface area contributed by atoms with E-state index in [1.165, 1.54) is 0 Å². The molecule has 13 nitrogen and oxygen atoms in total.